The molecule has 1 heterocycles. The highest BCUT2D eigenvalue weighted by molar-refractivity contribution is 5.91. The molecule has 2 unspecified atom stereocenters. The highest BCUT2D eigenvalue weighted by Gasteiger charge is 2.18. The molecule has 0 aliphatic heterocycles. The number of nitrogens with two attached hydrogens (primary N) is 1. The number of hydrogen-bond acceptors (Lipinski definition) is 3. The minimum absolute atomic E-state index is 0.0868. The van der Waals surface area contributed by atoms with Crippen molar-refractivity contribution in [2.24, 2.45) is 17.6 Å². The Morgan fingerprint density at radius 1 is 1.47 bits per heavy atom. The summed E-state index contributed by atoms with van der Waals surface area (Å²) in [7, 11) is 0. The van der Waals surface area contributed by atoms with Crippen LogP contribution in [0.4, 0.5) is 5.95 Å². The summed E-state index contributed by atoms with van der Waals surface area (Å²) in [5.74, 6) is 0.789. The number of amides is 1. The van der Waals surface area contributed by atoms with Crippen LogP contribution in [0.1, 0.15) is 27.7 Å². The van der Waals surface area contributed by atoms with Gasteiger partial charge in [-0.3, -0.25) is 10.1 Å². The summed E-state index contributed by atoms with van der Waals surface area (Å²) >= 11 is 0. The molecule has 0 bridgehead atoms. The van der Waals surface area contributed by atoms with E-state index in [1.165, 1.54) is 0 Å². The predicted molar refractivity (Wildman–Crippen MR) is 68.5 cm³/mol. The first-order valence-electron chi connectivity index (χ1n) is 5.99. The fraction of sp³-hybridized carbons (Fsp3) is 0.667. The lowest BCUT2D eigenvalue weighted by atomic mass is 10.0. The number of imidazole rings is 1. The SMILES string of the molecule is CC(C)Cn1ccnc1NC(=O)C(C)C(C)N. The Bertz CT molecular complexity index is 370. The van der Waals surface area contributed by atoms with Gasteiger partial charge in [0.1, 0.15) is 0 Å². The van der Waals surface area contributed by atoms with Crippen molar-refractivity contribution < 1.29 is 4.79 Å². The van der Waals surface area contributed by atoms with Gasteiger partial charge in [-0.05, 0) is 12.8 Å². The number of aromatic nitrogens is 2. The summed E-state index contributed by atoms with van der Waals surface area (Å²) in [6, 6.07) is -0.163. The Morgan fingerprint density at radius 3 is 2.65 bits per heavy atom. The quantitative estimate of drug-likeness (QED) is 0.815. The van der Waals surface area contributed by atoms with E-state index in [0.29, 0.717) is 11.9 Å². The molecule has 5 heteroatoms. The van der Waals surface area contributed by atoms with Crippen LogP contribution < -0.4 is 11.1 Å². The number of nitrogens with one attached hydrogen (secondary N) is 1. The van der Waals surface area contributed by atoms with Crippen molar-refractivity contribution in [3.8, 4) is 0 Å². The van der Waals surface area contributed by atoms with Crippen LogP contribution in [-0.4, -0.2) is 21.5 Å². The van der Waals surface area contributed by atoms with Crippen molar-refractivity contribution in [3.05, 3.63) is 12.4 Å². The molecule has 0 saturated carbocycles. The lowest BCUT2D eigenvalue weighted by molar-refractivity contribution is -0.119. The Kier molecular flexibility index (Phi) is 4.69. The molecule has 1 aromatic rings. The third-order valence-corrected chi connectivity index (χ3v) is 2.71. The number of rotatable bonds is 5. The summed E-state index contributed by atoms with van der Waals surface area (Å²) < 4.78 is 1.94. The molecule has 0 aliphatic rings. The number of carbonyl (C=O) groups is 1. The lowest BCUT2D eigenvalue weighted by Gasteiger charge is -2.16. The monoisotopic (exact) mass is 238 g/mol. The lowest BCUT2D eigenvalue weighted by Crippen LogP contribution is -2.35. The molecular weight excluding hydrogens is 216 g/mol. The fourth-order valence-corrected chi connectivity index (χ4v) is 1.44. The second-order valence-electron chi connectivity index (χ2n) is 4.93. The Morgan fingerprint density at radius 2 is 2.12 bits per heavy atom. The summed E-state index contributed by atoms with van der Waals surface area (Å²) in [6.45, 7) is 8.72. The molecule has 0 radical (unpaired) electrons. The van der Waals surface area contributed by atoms with E-state index in [1.807, 2.05) is 24.6 Å². The van der Waals surface area contributed by atoms with Crippen molar-refractivity contribution in [1.29, 1.82) is 0 Å². The molecule has 3 N–H and O–H groups in total. The van der Waals surface area contributed by atoms with Gasteiger partial charge in [-0.25, -0.2) is 4.98 Å². The molecule has 0 fully saturated rings. The first-order valence-corrected chi connectivity index (χ1v) is 5.99. The van der Waals surface area contributed by atoms with Gasteiger partial charge >= 0.3 is 0 Å². The Balaban J connectivity index is 2.68. The van der Waals surface area contributed by atoms with Crippen molar-refractivity contribution in [2.75, 3.05) is 5.32 Å². The highest BCUT2D eigenvalue weighted by Crippen LogP contribution is 2.10. The number of carbonyl (C=O) groups excluding carboxylic acids is 1. The van der Waals surface area contributed by atoms with E-state index in [9.17, 15) is 4.79 Å². The molecule has 0 spiro atoms. The van der Waals surface area contributed by atoms with Crippen LogP contribution >= 0.6 is 0 Å². The van der Waals surface area contributed by atoms with Crippen molar-refractivity contribution in [1.82, 2.24) is 9.55 Å². The maximum Gasteiger partial charge on any atom is 0.231 e. The first-order chi connectivity index (χ1) is 7.91. The molecular formula is C12H22N4O. The molecule has 0 saturated heterocycles. The van der Waals surface area contributed by atoms with Crippen LogP contribution in [0.15, 0.2) is 12.4 Å². The van der Waals surface area contributed by atoms with Crippen LogP contribution in [0.2, 0.25) is 0 Å². The van der Waals surface area contributed by atoms with Crippen LogP contribution in [-0.2, 0) is 11.3 Å². The molecule has 96 valence electrons. The van der Waals surface area contributed by atoms with Gasteiger partial charge in [0.05, 0.1) is 5.92 Å². The normalized spacial score (nSPS) is 14.7. The van der Waals surface area contributed by atoms with Gasteiger partial charge in [-0.2, -0.15) is 0 Å². The topological polar surface area (TPSA) is 72.9 Å². The van der Waals surface area contributed by atoms with Gasteiger partial charge in [0, 0.05) is 25.0 Å². The standard InChI is InChI=1S/C12H22N4O/c1-8(2)7-16-6-5-14-12(16)15-11(17)9(3)10(4)13/h5-6,8-10H,7,13H2,1-4H3,(H,14,15,17). The average Bonchev–Trinajstić information content (AvgIpc) is 2.63. The maximum atomic E-state index is 11.8. The summed E-state index contributed by atoms with van der Waals surface area (Å²) in [5.41, 5.74) is 5.70. The van der Waals surface area contributed by atoms with Gasteiger partial charge in [0.2, 0.25) is 11.9 Å². The van der Waals surface area contributed by atoms with E-state index >= 15 is 0 Å². The minimum Gasteiger partial charge on any atom is -0.327 e. The number of nitrogens with zero attached hydrogens (tertiary/aromatic N) is 2. The molecule has 1 aromatic heterocycles. The molecule has 2 atom stereocenters. The largest absolute Gasteiger partial charge is 0.327 e. The molecule has 0 aromatic carbocycles. The number of anilines is 1. The first kappa shape index (κ1) is 13.7. The third-order valence-electron chi connectivity index (χ3n) is 2.71. The summed E-state index contributed by atoms with van der Waals surface area (Å²) in [6.07, 6.45) is 3.56. The molecule has 1 rings (SSSR count). The van der Waals surface area contributed by atoms with Gasteiger partial charge < -0.3 is 10.3 Å². The number of hydrogen-bond donors (Lipinski definition) is 2. The third kappa shape index (κ3) is 3.85. The van der Waals surface area contributed by atoms with Crippen molar-refractivity contribution in [2.45, 2.75) is 40.3 Å². The zero-order valence-electron chi connectivity index (χ0n) is 11.0. The zero-order valence-corrected chi connectivity index (χ0v) is 11.0. The second kappa shape index (κ2) is 5.82. The van der Waals surface area contributed by atoms with Crippen LogP contribution in [0, 0.1) is 11.8 Å². The van der Waals surface area contributed by atoms with E-state index in [4.69, 9.17) is 5.73 Å². The Labute approximate surface area is 102 Å². The van der Waals surface area contributed by atoms with Gasteiger partial charge in [0.25, 0.3) is 0 Å². The predicted octanol–water partition coefficient (Wildman–Crippen LogP) is 1.46. The van der Waals surface area contributed by atoms with Crippen LogP contribution in [0.5, 0.6) is 0 Å². The van der Waals surface area contributed by atoms with Gasteiger partial charge in [-0.15, -0.1) is 0 Å². The Hall–Kier alpha value is -1.36. The second-order valence-corrected chi connectivity index (χ2v) is 4.93. The fourth-order valence-electron chi connectivity index (χ4n) is 1.44. The maximum absolute atomic E-state index is 11.8. The average molecular weight is 238 g/mol. The minimum atomic E-state index is -0.223. The van der Waals surface area contributed by atoms with Crippen LogP contribution in [0.3, 0.4) is 0 Å². The van der Waals surface area contributed by atoms with E-state index in [1.54, 1.807) is 6.20 Å². The van der Waals surface area contributed by atoms with E-state index < -0.39 is 0 Å². The van der Waals surface area contributed by atoms with Crippen molar-refractivity contribution in [3.63, 3.8) is 0 Å². The van der Waals surface area contributed by atoms with Gasteiger partial charge in [-0.1, -0.05) is 20.8 Å². The molecule has 17 heavy (non-hydrogen) atoms. The summed E-state index contributed by atoms with van der Waals surface area (Å²) in [4.78, 5) is 16.0. The highest BCUT2D eigenvalue weighted by atomic mass is 16.2. The van der Waals surface area contributed by atoms with E-state index in [2.05, 4.69) is 24.1 Å². The molecule has 1 amide bonds. The van der Waals surface area contributed by atoms with Crippen molar-refractivity contribution >= 4 is 11.9 Å². The molecule has 0 aliphatic carbocycles. The molecule has 5 nitrogen and oxygen atoms in total. The van der Waals surface area contributed by atoms with Crippen LogP contribution in [0.25, 0.3) is 0 Å². The van der Waals surface area contributed by atoms with E-state index in [-0.39, 0.29) is 17.9 Å². The zero-order chi connectivity index (χ0) is 13.0. The smallest absolute Gasteiger partial charge is 0.231 e. The van der Waals surface area contributed by atoms with E-state index in [0.717, 1.165) is 6.54 Å². The summed E-state index contributed by atoms with van der Waals surface area (Å²) in [5, 5.41) is 2.81. The van der Waals surface area contributed by atoms with Gasteiger partial charge in [0.15, 0.2) is 0 Å².